The molecule has 0 aliphatic heterocycles. The van der Waals surface area contributed by atoms with Crippen LogP contribution in [0.4, 0.5) is 0 Å². The summed E-state index contributed by atoms with van der Waals surface area (Å²) in [6, 6.07) is 41.9. The van der Waals surface area contributed by atoms with E-state index in [9.17, 15) is 0 Å². The average molecular weight is 590 g/mol. The van der Waals surface area contributed by atoms with Gasteiger partial charge in [0.25, 0.3) is 0 Å². The molecule has 0 bridgehead atoms. The van der Waals surface area contributed by atoms with E-state index in [1.165, 1.54) is 63.2 Å². The van der Waals surface area contributed by atoms with Crippen molar-refractivity contribution < 1.29 is 0 Å². The lowest BCUT2D eigenvalue weighted by molar-refractivity contribution is 1.45. The second-order valence-corrected chi connectivity index (χ2v) is 11.2. The summed E-state index contributed by atoms with van der Waals surface area (Å²) in [4.78, 5) is 5.67. The fraction of sp³-hybridized carbons (Fsp3) is 0. The van der Waals surface area contributed by atoms with Crippen LogP contribution >= 0.6 is 33.9 Å². The van der Waals surface area contributed by atoms with Crippen molar-refractivity contribution in [1.82, 2.24) is 4.98 Å². The normalized spacial score (nSPS) is 11.5. The number of nitrogens with zero attached hydrogens (tertiary/aromatic N) is 1. The molecule has 0 N–H and O–H groups in total. The molecule has 170 valence electrons. The van der Waals surface area contributed by atoms with Gasteiger partial charge in [0.2, 0.25) is 0 Å². The van der Waals surface area contributed by atoms with Crippen molar-refractivity contribution in [2.24, 2.45) is 0 Å². The van der Waals surface area contributed by atoms with Gasteiger partial charge in [-0.1, -0.05) is 78.9 Å². The van der Waals surface area contributed by atoms with Gasteiger partial charge in [0.05, 0.1) is 0 Å². The highest BCUT2D eigenvalue weighted by molar-refractivity contribution is 14.1. The second-order valence-electron chi connectivity index (χ2n) is 9.00. The number of hydrogen-bond acceptors (Lipinski definition) is 2. The maximum absolute atomic E-state index is 4.58. The number of thiophene rings is 1. The lowest BCUT2D eigenvalue weighted by Crippen LogP contribution is -1.83. The summed E-state index contributed by atoms with van der Waals surface area (Å²) in [5, 5.41) is 5.03. The molecule has 36 heavy (non-hydrogen) atoms. The van der Waals surface area contributed by atoms with Crippen LogP contribution in [0.5, 0.6) is 0 Å². The van der Waals surface area contributed by atoms with E-state index in [1.54, 1.807) is 11.3 Å². The Morgan fingerprint density at radius 1 is 0.528 bits per heavy atom. The Labute approximate surface area is 227 Å². The minimum Gasteiger partial charge on any atom is -0.245 e. The molecule has 0 amide bonds. The Bertz CT molecular complexity index is 1880. The Balaban J connectivity index is 1.23. The van der Waals surface area contributed by atoms with Crippen LogP contribution in [0.15, 0.2) is 121 Å². The fourth-order valence-electron chi connectivity index (χ4n) is 4.95. The van der Waals surface area contributed by atoms with Crippen molar-refractivity contribution >= 4 is 65.0 Å². The molecule has 0 aliphatic carbocycles. The zero-order chi connectivity index (χ0) is 24.1. The van der Waals surface area contributed by atoms with Gasteiger partial charge in [-0.15, -0.1) is 11.3 Å². The smallest absolute Gasteiger partial charge is 0.124 e. The first-order valence-electron chi connectivity index (χ1n) is 11.9. The van der Waals surface area contributed by atoms with E-state index >= 15 is 0 Å². The molecule has 7 aromatic rings. The molecular weight excluding hydrogens is 569 g/mol. The zero-order valence-electron chi connectivity index (χ0n) is 19.3. The lowest BCUT2D eigenvalue weighted by Gasteiger charge is -2.09. The lowest BCUT2D eigenvalue weighted by atomic mass is 9.96. The van der Waals surface area contributed by atoms with Crippen LogP contribution in [0, 0.1) is 3.57 Å². The van der Waals surface area contributed by atoms with Gasteiger partial charge in [0.1, 0.15) is 4.83 Å². The highest BCUT2D eigenvalue weighted by Crippen LogP contribution is 2.39. The summed E-state index contributed by atoms with van der Waals surface area (Å²) in [6.07, 6.45) is 1.87. The molecule has 2 aromatic heterocycles. The number of rotatable bonds is 3. The van der Waals surface area contributed by atoms with E-state index in [1.807, 2.05) is 12.3 Å². The predicted molar refractivity (Wildman–Crippen MR) is 164 cm³/mol. The van der Waals surface area contributed by atoms with Gasteiger partial charge in [-0.25, -0.2) is 4.98 Å². The summed E-state index contributed by atoms with van der Waals surface area (Å²) in [5.41, 5.74) is 7.47. The maximum Gasteiger partial charge on any atom is 0.124 e. The molecule has 0 spiro atoms. The van der Waals surface area contributed by atoms with Gasteiger partial charge in [0, 0.05) is 25.2 Å². The molecule has 0 saturated carbocycles. The van der Waals surface area contributed by atoms with Gasteiger partial charge in [0.15, 0.2) is 0 Å². The van der Waals surface area contributed by atoms with Crippen molar-refractivity contribution in [2.75, 3.05) is 0 Å². The van der Waals surface area contributed by atoms with Crippen LogP contribution in [0.2, 0.25) is 0 Å². The van der Waals surface area contributed by atoms with Gasteiger partial charge in [-0.3, -0.25) is 0 Å². The molecule has 2 heterocycles. The van der Waals surface area contributed by atoms with Gasteiger partial charge >= 0.3 is 0 Å². The Morgan fingerprint density at radius 2 is 1.11 bits per heavy atom. The second kappa shape index (κ2) is 8.84. The van der Waals surface area contributed by atoms with Gasteiger partial charge in [-0.2, -0.15) is 0 Å². The van der Waals surface area contributed by atoms with Crippen LogP contribution in [0.25, 0.3) is 64.5 Å². The number of halogens is 1. The first-order chi connectivity index (χ1) is 17.7. The molecule has 5 aromatic carbocycles. The minimum absolute atomic E-state index is 1.10. The third-order valence-corrected chi connectivity index (χ3v) is 8.70. The number of hydrogen-bond donors (Lipinski definition) is 0. The predicted octanol–water partition coefficient (Wildman–Crippen LogP) is 10.2. The standard InChI is InChI=1S/C33H20INS/c34-28-16-14-22(15-17-28)25-11-13-26-19-24(10-12-27(26)20-25)21-6-8-23(9-7-21)29-3-1-4-30-31-5-2-18-35-33(31)36-32(29)30/h1-20H. The quantitative estimate of drug-likeness (QED) is 0.187. The third kappa shape index (κ3) is 3.80. The van der Waals surface area contributed by atoms with E-state index < -0.39 is 0 Å². The average Bonchev–Trinajstić information content (AvgIpc) is 3.32. The van der Waals surface area contributed by atoms with Crippen LogP contribution in [-0.2, 0) is 0 Å². The molecule has 0 fully saturated rings. The Kier molecular flexibility index (Phi) is 5.33. The van der Waals surface area contributed by atoms with Crippen molar-refractivity contribution in [1.29, 1.82) is 0 Å². The molecule has 0 aliphatic rings. The summed E-state index contributed by atoms with van der Waals surface area (Å²) >= 11 is 4.12. The zero-order valence-corrected chi connectivity index (χ0v) is 22.3. The van der Waals surface area contributed by atoms with E-state index in [0.29, 0.717) is 0 Å². The number of pyridine rings is 1. The van der Waals surface area contributed by atoms with Gasteiger partial charge < -0.3 is 0 Å². The highest BCUT2D eigenvalue weighted by Gasteiger charge is 2.11. The summed E-state index contributed by atoms with van der Waals surface area (Å²) in [6.45, 7) is 0. The molecule has 0 radical (unpaired) electrons. The molecular formula is C33H20INS. The van der Waals surface area contributed by atoms with E-state index in [4.69, 9.17) is 0 Å². The number of aromatic nitrogens is 1. The Morgan fingerprint density at radius 3 is 1.81 bits per heavy atom. The highest BCUT2D eigenvalue weighted by atomic mass is 127. The molecule has 7 rings (SSSR count). The number of fused-ring (bicyclic) bond motifs is 4. The third-order valence-electron chi connectivity index (χ3n) is 6.82. The summed E-state index contributed by atoms with van der Waals surface area (Å²) in [5.74, 6) is 0. The van der Waals surface area contributed by atoms with Gasteiger partial charge in [-0.05, 0) is 103 Å². The first kappa shape index (κ1) is 21.7. The summed E-state index contributed by atoms with van der Waals surface area (Å²) in [7, 11) is 0. The molecule has 3 heteroatoms. The van der Waals surface area contributed by atoms with Crippen molar-refractivity contribution in [3.05, 3.63) is 125 Å². The van der Waals surface area contributed by atoms with Crippen LogP contribution < -0.4 is 0 Å². The molecule has 1 nitrogen and oxygen atoms in total. The largest absolute Gasteiger partial charge is 0.245 e. The minimum atomic E-state index is 1.10. The maximum atomic E-state index is 4.58. The first-order valence-corrected chi connectivity index (χ1v) is 13.8. The molecule has 0 unspecified atom stereocenters. The van der Waals surface area contributed by atoms with E-state index in [0.717, 1.165) is 4.83 Å². The van der Waals surface area contributed by atoms with Crippen molar-refractivity contribution in [3.63, 3.8) is 0 Å². The summed E-state index contributed by atoms with van der Waals surface area (Å²) < 4.78 is 2.55. The molecule has 0 saturated heterocycles. The number of benzene rings is 5. The fourth-order valence-corrected chi connectivity index (χ4v) is 6.49. The van der Waals surface area contributed by atoms with E-state index in [-0.39, 0.29) is 0 Å². The van der Waals surface area contributed by atoms with Crippen LogP contribution in [0.3, 0.4) is 0 Å². The Hall–Kier alpha value is -3.54. The SMILES string of the molecule is Ic1ccc(-c2ccc3cc(-c4ccc(-c5cccc6c5sc5ncccc56)cc4)ccc3c2)cc1. The van der Waals surface area contributed by atoms with E-state index in [2.05, 4.69) is 137 Å². The molecule has 0 atom stereocenters. The van der Waals surface area contributed by atoms with Crippen LogP contribution in [0.1, 0.15) is 0 Å². The topological polar surface area (TPSA) is 12.9 Å². The van der Waals surface area contributed by atoms with Crippen LogP contribution in [-0.4, -0.2) is 4.98 Å². The van der Waals surface area contributed by atoms with Crippen molar-refractivity contribution in [3.8, 4) is 33.4 Å². The monoisotopic (exact) mass is 589 g/mol. The van der Waals surface area contributed by atoms with Crippen molar-refractivity contribution in [2.45, 2.75) is 0 Å².